The SMILES string of the molecule is CC(O)(C(=O)Nc1ccc(S(=O)CCCO)cc1Cl)C(F)(F)F. The number of halogens is 4. The van der Waals surface area contributed by atoms with E-state index in [1.54, 1.807) is 0 Å². The van der Waals surface area contributed by atoms with Crippen LogP contribution in [0.15, 0.2) is 23.1 Å². The smallest absolute Gasteiger partial charge is 0.396 e. The lowest BCUT2D eigenvalue weighted by Gasteiger charge is -2.25. The van der Waals surface area contributed by atoms with Crippen LogP contribution in [0.25, 0.3) is 0 Å². The van der Waals surface area contributed by atoms with Crippen LogP contribution in [0.1, 0.15) is 13.3 Å². The molecule has 0 saturated heterocycles. The number of carbonyl (C=O) groups is 1. The van der Waals surface area contributed by atoms with Crippen LogP contribution in [-0.2, 0) is 15.6 Å². The Kier molecular flexibility index (Phi) is 6.58. The van der Waals surface area contributed by atoms with Gasteiger partial charge in [-0.3, -0.25) is 9.00 Å². The number of aliphatic hydroxyl groups excluding tert-OH is 1. The molecule has 0 aliphatic rings. The molecule has 0 aromatic heterocycles. The molecule has 0 aliphatic carbocycles. The highest BCUT2D eigenvalue weighted by Gasteiger charge is 2.55. The van der Waals surface area contributed by atoms with Crippen molar-refractivity contribution in [1.29, 1.82) is 0 Å². The second-order valence-electron chi connectivity index (χ2n) is 4.79. The summed E-state index contributed by atoms with van der Waals surface area (Å²) >= 11 is 5.85. The summed E-state index contributed by atoms with van der Waals surface area (Å²) in [5, 5.41) is 19.7. The fourth-order valence-corrected chi connectivity index (χ4v) is 2.81. The number of hydrogen-bond acceptors (Lipinski definition) is 4. The molecule has 1 aromatic carbocycles. The largest absolute Gasteiger partial charge is 0.426 e. The van der Waals surface area contributed by atoms with Gasteiger partial charge in [-0.15, -0.1) is 0 Å². The Bertz CT molecular complexity index is 607. The predicted octanol–water partition coefficient (Wildman–Crippen LogP) is 2.08. The molecule has 130 valence electrons. The van der Waals surface area contributed by atoms with Crippen LogP contribution >= 0.6 is 11.6 Å². The molecule has 23 heavy (non-hydrogen) atoms. The second kappa shape index (κ2) is 7.61. The Morgan fingerprint density at radius 2 is 2.00 bits per heavy atom. The van der Waals surface area contributed by atoms with E-state index in [9.17, 15) is 27.3 Å². The zero-order valence-electron chi connectivity index (χ0n) is 12.0. The van der Waals surface area contributed by atoms with E-state index < -0.39 is 28.5 Å². The van der Waals surface area contributed by atoms with Gasteiger partial charge in [0.1, 0.15) is 0 Å². The number of anilines is 1. The third-order valence-corrected chi connectivity index (χ3v) is 4.69. The van der Waals surface area contributed by atoms with Crippen LogP contribution in [0.5, 0.6) is 0 Å². The normalized spacial score (nSPS) is 15.8. The van der Waals surface area contributed by atoms with Gasteiger partial charge in [0.05, 0.1) is 21.5 Å². The molecule has 0 bridgehead atoms. The molecule has 0 spiro atoms. The van der Waals surface area contributed by atoms with Gasteiger partial charge < -0.3 is 15.5 Å². The first kappa shape index (κ1) is 19.9. The molecule has 0 fully saturated rings. The van der Waals surface area contributed by atoms with Crippen LogP contribution in [0, 0.1) is 0 Å². The Balaban J connectivity index is 2.92. The number of benzene rings is 1. The minimum absolute atomic E-state index is 0.119. The highest BCUT2D eigenvalue weighted by atomic mass is 35.5. The van der Waals surface area contributed by atoms with E-state index >= 15 is 0 Å². The lowest BCUT2D eigenvalue weighted by Crippen LogP contribution is -2.52. The van der Waals surface area contributed by atoms with Gasteiger partial charge in [-0.2, -0.15) is 13.2 Å². The maximum absolute atomic E-state index is 12.6. The molecule has 0 aliphatic heterocycles. The molecule has 5 nitrogen and oxygen atoms in total. The van der Waals surface area contributed by atoms with E-state index in [1.165, 1.54) is 18.2 Å². The van der Waals surface area contributed by atoms with Gasteiger partial charge in [-0.1, -0.05) is 11.6 Å². The predicted molar refractivity (Wildman–Crippen MR) is 79.7 cm³/mol. The maximum atomic E-state index is 12.6. The van der Waals surface area contributed by atoms with Gasteiger partial charge >= 0.3 is 6.18 Å². The zero-order valence-corrected chi connectivity index (χ0v) is 13.6. The number of carbonyl (C=O) groups excluding carboxylic acids is 1. The monoisotopic (exact) mass is 373 g/mol. The molecule has 2 atom stereocenters. The summed E-state index contributed by atoms with van der Waals surface area (Å²) in [6, 6.07) is 3.77. The summed E-state index contributed by atoms with van der Waals surface area (Å²) in [6.07, 6.45) is -4.83. The fourth-order valence-electron chi connectivity index (χ4n) is 1.43. The van der Waals surface area contributed by atoms with Crippen LogP contribution < -0.4 is 5.32 Å². The van der Waals surface area contributed by atoms with Crippen molar-refractivity contribution in [3.8, 4) is 0 Å². The van der Waals surface area contributed by atoms with Gasteiger partial charge in [-0.05, 0) is 31.5 Å². The van der Waals surface area contributed by atoms with Crippen molar-refractivity contribution in [2.75, 3.05) is 17.7 Å². The second-order valence-corrected chi connectivity index (χ2v) is 6.77. The fraction of sp³-hybridized carbons (Fsp3) is 0.462. The summed E-state index contributed by atoms with van der Waals surface area (Å²) in [5.74, 6) is -1.48. The Morgan fingerprint density at radius 1 is 1.39 bits per heavy atom. The number of aliphatic hydroxyl groups is 2. The molecular formula is C13H15ClF3NO4S. The summed E-state index contributed by atoms with van der Waals surface area (Å²) in [6.45, 7) is 0.203. The number of hydrogen-bond donors (Lipinski definition) is 3. The average molecular weight is 374 g/mol. The van der Waals surface area contributed by atoms with E-state index in [0.29, 0.717) is 18.2 Å². The van der Waals surface area contributed by atoms with Crippen molar-refractivity contribution in [1.82, 2.24) is 0 Å². The van der Waals surface area contributed by atoms with Crippen molar-refractivity contribution in [2.24, 2.45) is 0 Å². The highest BCUT2D eigenvalue weighted by molar-refractivity contribution is 7.85. The van der Waals surface area contributed by atoms with Crippen LogP contribution in [0.2, 0.25) is 5.02 Å². The maximum Gasteiger partial charge on any atom is 0.426 e. The van der Waals surface area contributed by atoms with Crippen molar-refractivity contribution >= 4 is 34.0 Å². The van der Waals surface area contributed by atoms with Gasteiger partial charge in [0.15, 0.2) is 0 Å². The van der Waals surface area contributed by atoms with Crippen molar-refractivity contribution in [3.63, 3.8) is 0 Å². The summed E-state index contributed by atoms with van der Waals surface area (Å²) in [4.78, 5) is 11.9. The molecule has 0 saturated carbocycles. The minimum atomic E-state index is -5.14. The number of alkyl halides is 3. The molecule has 2 unspecified atom stereocenters. The van der Waals surface area contributed by atoms with E-state index in [2.05, 4.69) is 0 Å². The molecule has 0 heterocycles. The Morgan fingerprint density at radius 3 is 2.48 bits per heavy atom. The molecule has 1 rings (SSSR count). The van der Waals surface area contributed by atoms with E-state index in [1.807, 2.05) is 5.32 Å². The number of nitrogens with one attached hydrogen (secondary N) is 1. The van der Waals surface area contributed by atoms with Crippen molar-refractivity contribution < 1.29 is 32.4 Å². The molecule has 1 aromatic rings. The summed E-state index contributed by atoms with van der Waals surface area (Å²) in [7, 11) is -1.43. The Labute approximate surface area is 137 Å². The molecule has 3 N–H and O–H groups in total. The molecule has 1 amide bonds. The molecule has 10 heteroatoms. The third kappa shape index (κ3) is 4.90. The lowest BCUT2D eigenvalue weighted by atomic mass is 10.1. The van der Waals surface area contributed by atoms with Crippen LogP contribution in [-0.4, -0.2) is 44.5 Å². The van der Waals surface area contributed by atoms with Crippen LogP contribution in [0.4, 0.5) is 18.9 Å². The first-order chi connectivity index (χ1) is 10.5. The third-order valence-electron chi connectivity index (χ3n) is 2.93. The van der Waals surface area contributed by atoms with Crippen molar-refractivity contribution in [2.45, 2.75) is 30.0 Å². The van der Waals surface area contributed by atoms with E-state index in [4.69, 9.17) is 16.7 Å². The zero-order chi connectivity index (χ0) is 17.8. The van der Waals surface area contributed by atoms with Crippen LogP contribution in [0.3, 0.4) is 0 Å². The van der Waals surface area contributed by atoms with E-state index in [-0.39, 0.29) is 23.1 Å². The number of amides is 1. The van der Waals surface area contributed by atoms with Gasteiger partial charge in [0.25, 0.3) is 5.91 Å². The first-order valence-corrected chi connectivity index (χ1v) is 8.09. The van der Waals surface area contributed by atoms with Gasteiger partial charge in [0.2, 0.25) is 5.60 Å². The highest BCUT2D eigenvalue weighted by Crippen LogP contribution is 2.32. The summed E-state index contributed by atoms with van der Waals surface area (Å²) < 4.78 is 49.6. The van der Waals surface area contributed by atoms with Gasteiger partial charge in [0, 0.05) is 17.3 Å². The standard InChI is InChI=1S/C13H15ClF3NO4S/c1-12(21,13(15,16)17)11(20)18-10-4-3-8(7-9(10)14)23(22)6-2-5-19/h3-4,7,19,21H,2,5-6H2,1H3,(H,18,20). The quantitative estimate of drug-likeness (QED) is 0.712. The van der Waals surface area contributed by atoms with Gasteiger partial charge in [-0.25, -0.2) is 0 Å². The first-order valence-electron chi connectivity index (χ1n) is 6.40. The molecular weight excluding hydrogens is 359 g/mol. The number of rotatable bonds is 6. The summed E-state index contributed by atoms with van der Waals surface area (Å²) in [5.41, 5.74) is -3.72. The topological polar surface area (TPSA) is 86.6 Å². The van der Waals surface area contributed by atoms with E-state index in [0.717, 1.165) is 0 Å². The Hall–Kier alpha value is -1.16. The molecule has 0 radical (unpaired) electrons. The average Bonchev–Trinajstić information content (AvgIpc) is 2.45. The van der Waals surface area contributed by atoms with Crippen molar-refractivity contribution in [3.05, 3.63) is 23.2 Å². The minimum Gasteiger partial charge on any atom is -0.396 e. The lowest BCUT2D eigenvalue weighted by molar-refractivity contribution is -0.242.